The third-order valence-corrected chi connectivity index (χ3v) is 3.79. The Hall–Kier alpha value is -1.50. The molecule has 2 rings (SSSR count). The molecule has 1 heterocycles. The zero-order chi connectivity index (χ0) is 14.9. The molecule has 1 aliphatic rings. The molecule has 0 saturated carbocycles. The van der Waals surface area contributed by atoms with E-state index in [1.54, 1.807) is 12.1 Å². The molecule has 108 valence electrons. The molecule has 2 unspecified atom stereocenters. The van der Waals surface area contributed by atoms with E-state index in [4.69, 9.17) is 28.9 Å². The van der Waals surface area contributed by atoms with Crippen molar-refractivity contribution >= 4 is 40.8 Å². The van der Waals surface area contributed by atoms with Gasteiger partial charge >= 0.3 is 6.03 Å². The summed E-state index contributed by atoms with van der Waals surface area (Å²) in [6, 6.07) is 3.11. The van der Waals surface area contributed by atoms with Crippen molar-refractivity contribution in [3.8, 4) is 0 Å². The second-order valence-electron chi connectivity index (χ2n) is 4.51. The summed E-state index contributed by atoms with van der Waals surface area (Å²) < 4.78 is 0. The fraction of sp³-hybridized carbons (Fsp3) is 0.333. The van der Waals surface area contributed by atoms with Gasteiger partial charge in [0.2, 0.25) is 5.91 Å². The number of hydrogen-bond acceptors (Lipinski definition) is 3. The minimum Gasteiger partial charge on any atom is -0.391 e. The molecule has 1 aliphatic heterocycles. The molecular weight excluding hydrogens is 305 g/mol. The number of nitrogens with one attached hydrogen (secondary N) is 1. The second kappa shape index (κ2) is 5.87. The predicted octanol–water partition coefficient (Wildman–Crippen LogP) is 1.45. The Balaban J connectivity index is 2.11. The first-order chi connectivity index (χ1) is 9.38. The molecule has 0 aliphatic carbocycles. The lowest BCUT2D eigenvalue weighted by Crippen LogP contribution is -2.45. The van der Waals surface area contributed by atoms with Crippen LogP contribution in [-0.2, 0) is 4.79 Å². The maximum absolute atomic E-state index is 12.1. The molecule has 0 bridgehead atoms. The van der Waals surface area contributed by atoms with Crippen LogP contribution >= 0.6 is 23.2 Å². The molecule has 6 nitrogen and oxygen atoms in total. The van der Waals surface area contributed by atoms with E-state index >= 15 is 0 Å². The summed E-state index contributed by atoms with van der Waals surface area (Å²) in [5.74, 6) is -0.432. The van der Waals surface area contributed by atoms with Crippen molar-refractivity contribution in [2.75, 3.05) is 11.9 Å². The fourth-order valence-corrected chi connectivity index (χ4v) is 2.40. The number of aliphatic hydroxyl groups excluding tert-OH is 1. The van der Waals surface area contributed by atoms with E-state index in [1.165, 1.54) is 6.07 Å². The summed E-state index contributed by atoms with van der Waals surface area (Å²) in [6.45, 7) is 0.0504. The first-order valence-electron chi connectivity index (χ1n) is 5.88. The fourth-order valence-electron chi connectivity index (χ4n) is 2.11. The molecule has 1 aromatic rings. The second-order valence-corrected chi connectivity index (χ2v) is 5.33. The third kappa shape index (κ3) is 3.15. The lowest BCUT2D eigenvalue weighted by Gasteiger charge is -2.21. The Morgan fingerprint density at radius 2 is 2.05 bits per heavy atom. The summed E-state index contributed by atoms with van der Waals surface area (Å²) in [7, 11) is 0. The molecule has 20 heavy (non-hydrogen) atoms. The molecule has 0 spiro atoms. The molecule has 8 heteroatoms. The van der Waals surface area contributed by atoms with Gasteiger partial charge < -0.3 is 21.1 Å². The monoisotopic (exact) mass is 317 g/mol. The van der Waals surface area contributed by atoms with Crippen molar-refractivity contribution in [3.05, 3.63) is 28.2 Å². The van der Waals surface area contributed by atoms with E-state index in [1.807, 2.05) is 0 Å². The van der Waals surface area contributed by atoms with Gasteiger partial charge in [-0.3, -0.25) is 4.79 Å². The van der Waals surface area contributed by atoms with E-state index in [0.29, 0.717) is 15.7 Å². The summed E-state index contributed by atoms with van der Waals surface area (Å²) >= 11 is 11.6. The average Bonchev–Trinajstić information content (AvgIpc) is 2.76. The van der Waals surface area contributed by atoms with Gasteiger partial charge in [0.1, 0.15) is 6.04 Å². The SMILES string of the molecule is NC(=O)N1CC(O)CC1C(=O)Nc1ccc(Cl)c(Cl)c1. The van der Waals surface area contributed by atoms with Crippen LogP contribution in [-0.4, -0.2) is 40.6 Å². The van der Waals surface area contributed by atoms with Gasteiger partial charge in [0.25, 0.3) is 0 Å². The van der Waals surface area contributed by atoms with Crippen LogP contribution in [0.25, 0.3) is 0 Å². The number of β-amino-alcohol motifs (C(OH)–C–C–N with tert-alkyl or cyclic N) is 1. The van der Waals surface area contributed by atoms with Gasteiger partial charge in [0.15, 0.2) is 0 Å². The van der Waals surface area contributed by atoms with Crippen molar-refractivity contribution in [3.63, 3.8) is 0 Å². The maximum Gasteiger partial charge on any atom is 0.315 e. The number of primary amides is 1. The van der Waals surface area contributed by atoms with Crippen LogP contribution in [0.1, 0.15) is 6.42 Å². The summed E-state index contributed by atoms with van der Waals surface area (Å²) in [6.07, 6.45) is -0.608. The van der Waals surface area contributed by atoms with Crippen molar-refractivity contribution in [1.29, 1.82) is 0 Å². The van der Waals surface area contributed by atoms with Gasteiger partial charge in [-0.05, 0) is 18.2 Å². The molecule has 2 atom stereocenters. The molecule has 3 amide bonds. The van der Waals surface area contributed by atoms with Crippen LogP contribution < -0.4 is 11.1 Å². The number of nitrogens with zero attached hydrogens (tertiary/aromatic N) is 1. The standard InChI is InChI=1S/C12H13Cl2N3O3/c13-8-2-1-6(3-9(8)14)16-11(19)10-4-7(18)5-17(10)12(15)20/h1-3,7,10,18H,4-5H2,(H2,15,20)(H,16,19). The highest BCUT2D eigenvalue weighted by Crippen LogP contribution is 2.26. The molecule has 1 saturated heterocycles. The number of aliphatic hydroxyl groups is 1. The molecule has 4 N–H and O–H groups in total. The number of anilines is 1. The average molecular weight is 318 g/mol. The number of nitrogens with two attached hydrogens (primary N) is 1. The van der Waals surface area contributed by atoms with Gasteiger partial charge in [-0.25, -0.2) is 4.79 Å². The number of likely N-dealkylation sites (tertiary alicyclic amines) is 1. The van der Waals surface area contributed by atoms with Gasteiger partial charge in [-0.1, -0.05) is 23.2 Å². The van der Waals surface area contributed by atoms with Crippen LogP contribution in [0.4, 0.5) is 10.5 Å². The Morgan fingerprint density at radius 1 is 1.35 bits per heavy atom. The highest BCUT2D eigenvalue weighted by molar-refractivity contribution is 6.42. The Morgan fingerprint density at radius 3 is 2.65 bits per heavy atom. The topological polar surface area (TPSA) is 95.7 Å². The number of carbonyl (C=O) groups excluding carboxylic acids is 2. The lowest BCUT2D eigenvalue weighted by molar-refractivity contribution is -0.119. The van der Waals surface area contributed by atoms with E-state index < -0.39 is 24.1 Å². The highest BCUT2D eigenvalue weighted by atomic mass is 35.5. The van der Waals surface area contributed by atoms with E-state index in [0.717, 1.165) is 4.90 Å². The number of amides is 3. The third-order valence-electron chi connectivity index (χ3n) is 3.05. The number of rotatable bonds is 2. The zero-order valence-electron chi connectivity index (χ0n) is 10.3. The molecule has 0 radical (unpaired) electrons. The van der Waals surface area contributed by atoms with E-state index in [-0.39, 0.29) is 13.0 Å². The summed E-state index contributed by atoms with van der Waals surface area (Å²) in [4.78, 5) is 24.5. The number of urea groups is 1. The van der Waals surface area contributed by atoms with E-state index in [9.17, 15) is 14.7 Å². The lowest BCUT2D eigenvalue weighted by atomic mass is 10.2. The summed E-state index contributed by atoms with van der Waals surface area (Å²) in [5, 5.41) is 12.8. The molecular formula is C12H13Cl2N3O3. The smallest absolute Gasteiger partial charge is 0.315 e. The largest absolute Gasteiger partial charge is 0.391 e. The molecule has 1 fully saturated rings. The van der Waals surface area contributed by atoms with E-state index in [2.05, 4.69) is 5.32 Å². The number of halogens is 2. The van der Waals surface area contributed by atoms with Crippen LogP contribution in [0.15, 0.2) is 18.2 Å². The van der Waals surface area contributed by atoms with Gasteiger partial charge in [-0.15, -0.1) is 0 Å². The van der Waals surface area contributed by atoms with Gasteiger partial charge in [-0.2, -0.15) is 0 Å². The van der Waals surface area contributed by atoms with Crippen LogP contribution in [0, 0.1) is 0 Å². The zero-order valence-corrected chi connectivity index (χ0v) is 11.9. The Kier molecular flexibility index (Phi) is 4.37. The van der Waals surface area contributed by atoms with Gasteiger partial charge in [0.05, 0.1) is 16.1 Å². The number of carbonyl (C=O) groups is 2. The predicted molar refractivity (Wildman–Crippen MR) is 75.8 cm³/mol. The minimum atomic E-state index is -0.794. The van der Waals surface area contributed by atoms with Crippen LogP contribution in [0.5, 0.6) is 0 Å². The maximum atomic E-state index is 12.1. The normalized spacial score (nSPS) is 21.9. The summed E-state index contributed by atoms with van der Waals surface area (Å²) in [5.41, 5.74) is 5.64. The van der Waals surface area contributed by atoms with Crippen molar-refractivity contribution in [1.82, 2.24) is 4.90 Å². The Bertz CT molecular complexity index is 553. The van der Waals surface area contributed by atoms with Crippen molar-refractivity contribution in [2.45, 2.75) is 18.6 Å². The first kappa shape index (κ1) is 14.9. The quantitative estimate of drug-likeness (QED) is 0.770. The molecule has 1 aromatic carbocycles. The highest BCUT2D eigenvalue weighted by Gasteiger charge is 2.38. The number of benzene rings is 1. The van der Waals surface area contributed by atoms with Crippen LogP contribution in [0.2, 0.25) is 10.0 Å². The van der Waals surface area contributed by atoms with Crippen molar-refractivity contribution < 1.29 is 14.7 Å². The number of hydrogen-bond donors (Lipinski definition) is 3. The van der Waals surface area contributed by atoms with Crippen molar-refractivity contribution in [2.24, 2.45) is 5.73 Å². The van der Waals surface area contributed by atoms with Crippen LogP contribution in [0.3, 0.4) is 0 Å². The van der Waals surface area contributed by atoms with Gasteiger partial charge in [0, 0.05) is 18.7 Å². The molecule has 0 aromatic heterocycles. The minimum absolute atomic E-state index is 0.0504. The Labute approximate surface area is 125 Å². The first-order valence-corrected chi connectivity index (χ1v) is 6.64.